The Kier molecular flexibility index (Phi) is 7.82. The molecule has 3 heteroatoms. The number of hydrogen-bond acceptors (Lipinski definition) is 3. The molecule has 0 aromatic heterocycles. The van der Waals surface area contributed by atoms with Crippen LogP contribution in [0.1, 0.15) is 119 Å². The van der Waals surface area contributed by atoms with Gasteiger partial charge in [-0.15, -0.1) is 0 Å². The van der Waals surface area contributed by atoms with Crippen molar-refractivity contribution in [1.82, 2.24) is 0 Å². The van der Waals surface area contributed by atoms with Crippen molar-refractivity contribution in [2.24, 2.45) is 0 Å². The largest absolute Gasteiger partial charge is 0.507 e. The lowest BCUT2D eigenvalue weighted by Crippen LogP contribution is -2.42. The number of ether oxygens (including phenoxy) is 1. The van der Waals surface area contributed by atoms with Crippen molar-refractivity contribution < 1.29 is 14.6 Å². The number of Topliss-reactive ketones (excluding diaryl/α,β-unsaturated/α-hetero) is 1. The zero-order chi connectivity index (χ0) is 19.8. The van der Waals surface area contributed by atoms with Crippen molar-refractivity contribution in [1.29, 1.82) is 0 Å². The summed E-state index contributed by atoms with van der Waals surface area (Å²) >= 11 is 0. The topological polar surface area (TPSA) is 46.5 Å². The molecule has 156 valence electrons. The van der Waals surface area contributed by atoms with Crippen LogP contribution in [0.15, 0.2) is 12.1 Å². The third-order valence-corrected chi connectivity index (χ3v) is 6.56. The van der Waals surface area contributed by atoms with Gasteiger partial charge in [-0.05, 0) is 56.2 Å². The number of carbonyl (C=O) groups is 1. The highest BCUT2D eigenvalue weighted by Crippen LogP contribution is 2.43. The number of carbonyl (C=O) groups excluding carboxylic acids is 1. The quantitative estimate of drug-likeness (QED) is 0.560. The van der Waals surface area contributed by atoms with Gasteiger partial charge in [-0.3, -0.25) is 4.79 Å². The zero-order valence-electron chi connectivity index (χ0n) is 17.7. The smallest absolute Gasteiger partial charge is 0.174 e. The van der Waals surface area contributed by atoms with Crippen LogP contribution in [0.4, 0.5) is 0 Å². The van der Waals surface area contributed by atoms with Crippen LogP contribution in [0.2, 0.25) is 0 Å². The van der Waals surface area contributed by atoms with E-state index in [4.69, 9.17) is 4.74 Å². The summed E-state index contributed by atoms with van der Waals surface area (Å²) < 4.78 is 6.58. The molecule has 0 radical (unpaired) electrons. The zero-order valence-corrected chi connectivity index (χ0v) is 17.7. The summed E-state index contributed by atoms with van der Waals surface area (Å²) in [5, 5.41) is 10.5. The molecule has 0 bridgehead atoms. The third-order valence-electron chi connectivity index (χ3n) is 6.56. The normalized spacial score (nSPS) is 20.7. The fourth-order valence-electron chi connectivity index (χ4n) is 4.93. The summed E-state index contributed by atoms with van der Waals surface area (Å²) in [6.45, 7) is 2.19. The number of fused-ring (bicyclic) bond motifs is 1. The van der Waals surface area contributed by atoms with E-state index >= 15 is 0 Å². The summed E-state index contributed by atoms with van der Waals surface area (Å²) in [6.07, 6.45) is 18.1. The van der Waals surface area contributed by atoms with Crippen LogP contribution in [0, 0.1) is 0 Å². The molecule has 1 spiro atoms. The first-order chi connectivity index (χ1) is 13.6. The van der Waals surface area contributed by atoms with E-state index < -0.39 is 0 Å². The van der Waals surface area contributed by atoms with Crippen LogP contribution in [-0.2, 0) is 6.42 Å². The van der Waals surface area contributed by atoms with Crippen molar-refractivity contribution >= 4 is 5.78 Å². The first kappa shape index (κ1) is 21.2. The Morgan fingerprint density at radius 1 is 0.929 bits per heavy atom. The number of phenolic OH excluding ortho intramolecular Hbond substituents is 1. The van der Waals surface area contributed by atoms with Gasteiger partial charge in [-0.25, -0.2) is 0 Å². The first-order valence-corrected chi connectivity index (χ1v) is 11.7. The summed E-state index contributed by atoms with van der Waals surface area (Å²) in [5.41, 5.74) is 1.14. The fourth-order valence-corrected chi connectivity index (χ4v) is 4.93. The molecule has 1 aromatic rings. The van der Waals surface area contributed by atoms with Crippen LogP contribution in [0.25, 0.3) is 0 Å². The molecule has 0 amide bonds. The van der Waals surface area contributed by atoms with Crippen LogP contribution in [-0.4, -0.2) is 16.5 Å². The number of ketones is 1. The van der Waals surface area contributed by atoms with Crippen molar-refractivity contribution in [3.63, 3.8) is 0 Å². The molecule has 1 aliphatic heterocycles. The van der Waals surface area contributed by atoms with Crippen molar-refractivity contribution in [3.05, 3.63) is 23.3 Å². The number of unbranched alkanes of at least 4 members (excludes halogenated alkanes) is 2. The Labute approximate surface area is 170 Å². The number of aryl methyl sites for hydroxylation is 1. The standard InChI is InChI=1S/C25H38O3/c1-2-3-11-14-20-17-21(26)24-22(27)19-25(28-23(24)18-20)15-12-9-7-5-4-6-8-10-13-16-25/h17-18,26H,2-16,19H2,1H3. The van der Waals surface area contributed by atoms with E-state index in [-0.39, 0.29) is 17.1 Å². The average molecular weight is 387 g/mol. The summed E-state index contributed by atoms with van der Waals surface area (Å²) in [5.74, 6) is 0.804. The predicted octanol–water partition coefficient (Wildman–Crippen LogP) is 7.13. The van der Waals surface area contributed by atoms with E-state index in [0.29, 0.717) is 17.7 Å². The van der Waals surface area contributed by atoms with Gasteiger partial charge >= 0.3 is 0 Å². The number of phenols is 1. The molecule has 0 atom stereocenters. The lowest BCUT2D eigenvalue weighted by molar-refractivity contribution is 0.0236. The van der Waals surface area contributed by atoms with Gasteiger partial charge in [-0.1, -0.05) is 64.7 Å². The molecule has 1 aliphatic carbocycles. The molecular weight excluding hydrogens is 348 g/mol. The number of hydrogen-bond donors (Lipinski definition) is 1. The van der Waals surface area contributed by atoms with Crippen LogP contribution < -0.4 is 4.74 Å². The highest BCUT2D eigenvalue weighted by atomic mass is 16.5. The summed E-state index contributed by atoms with van der Waals surface area (Å²) in [7, 11) is 0. The van der Waals surface area contributed by atoms with Gasteiger partial charge in [-0.2, -0.15) is 0 Å². The second-order valence-corrected chi connectivity index (χ2v) is 9.01. The van der Waals surface area contributed by atoms with Crippen molar-refractivity contribution in [2.45, 2.75) is 115 Å². The maximum Gasteiger partial charge on any atom is 0.174 e. The Hall–Kier alpha value is -1.51. The minimum absolute atomic E-state index is 0.0611. The van der Waals surface area contributed by atoms with E-state index in [2.05, 4.69) is 6.92 Å². The maximum atomic E-state index is 13.0. The van der Waals surface area contributed by atoms with Gasteiger partial charge < -0.3 is 9.84 Å². The average Bonchev–Trinajstić information content (AvgIpc) is 2.64. The van der Waals surface area contributed by atoms with Gasteiger partial charge in [0.05, 0.1) is 6.42 Å². The number of aromatic hydroxyl groups is 1. The molecule has 3 nitrogen and oxygen atoms in total. The second-order valence-electron chi connectivity index (χ2n) is 9.01. The molecule has 1 heterocycles. The van der Waals surface area contributed by atoms with Gasteiger partial charge in [0.15, 0.2) is 5.78 Å². The van der Waals surface area contributed by atoms with Crippen LogP contribution in [0.3, 0.4) is 0 Å². The van der Waals surface area contributed by atoms with Gasteiger partial charge in [0.2, 0.25) is 0 Å². The van der Waals surface area contributed by atoms with Crippen molar-refractivity contribution in [3.8, 4) is 11.5 Å². The molecule has 1 saturated carbocycles. The third kappa shape index (κ3) is 5.52. The number of rotatable bonds is 4. The highest BCUT2D eigenvalue weighted by molar-refractivity contribution is 6.02. The van der Waals surface area contributed by atoms with E-state index in [1.54, 1.807) is 6.07 Å². The molecule has 1 aromatic carbocycles. The molecule has 1 fully saturated rings. The Morgan fingerprint density at radius 2 is 1.54 bits per heavy atom. The van der Waals surface area contributed by atoms with E-state index in [1.807, 2.05) is 6.07 Å². The molecule has 28 heavy (non-hydrogen) atoms. The lowest BCUT2D eigenvalue weighted by Gasteiger charge is -2.39. The van der Waals surface area contributed by atoms with Gasteiger partial charge in [0.25, 0.3) is 0 Å². The van der Waals surface area contributed by atoms with Gasteiger partial charge in [0, 0.05) is 0 Å². The first-order valence-electron chi connectivity index (χ1n) is 11.7. The Bertz CT molecular complexity index is 637. The van der Waals surface area contributed by atoms with Gasteiger partial charge in [0.1, 0.15) is 22.7 Å². The SMILES string of the molecule is CCCCCc1cc(O)c2c(c1)OC1(CCCCCCCCCCC1)CC2=O. The van der Waals surface area contributed by atoms with Crippen LogP contribution in [0.5, 0.6) is 11.5 Å². The Balaban J connectivity index is 1.79. The van der Waals surface area contributed by atoms with E-state index in [0.717, 1.165) is 44.1 Å². The van der Waals surface area contributed by atoms with E-state index in [9.17, 15) is 9.90 Å². The highest BCUT2D eigenvalue weighted by Gasteiger charge is 2.41. The molecule has 3 rings (SSSR count). The molecule has 0 saturated heterocycles. The fraction of sp³-hybridized carbons (Fsp3) is 0.720. The Morgan fingerprint density at radius 3 is 2.14 bits per heavy atom. The molecule has 1 N–H and O–H groups in total. The van der Waals surface area contributed by atoms with Crippen molar-refractivity contribution in [2.75, 3.05) is 0 Å². The maximum absolute atomic E-state index is 13.0. The molecular formula is C25H38O3. The second kappa shape index (κ2) is 10.3. The minimum atomic E-state index is -0.363. The molecule has 2 aliphatic rings. The monoisotopic (exact) mass is 386 g/mol. The predicted molar refractivity (Wildman–Crippen MR) is 114 cm³/mol. The number of benzene rings is 1. The van der Waals surface area contributed by atoms with Crippen LogP contribution >= 0.6 is 0 Å². The minimum Gasteiger partial charge on any atom is -0.507 e. The lowest BCUT2D eigenvalue weighted by atomic mass is 9.81. The molecule has 0 unspecified atom stereocenters. The summed E-state index contributed by atoms with van der Waals surface area (Å²) in [6, 6.07) is 3.80. The summed E-state index contributed by atoms with van der Waals surface area (Å²) in [4.78, 5) is 13.0. The van der Waals surface area contributed by atoms with E-state index in [1.165, 1.54) is 57.8 Å².